The molecule has 0 saturated carbocycles. The minimum Gasteiger partial charge on any atom is -0.348 e. The fraction of sp³-hybridized carbons (Fsp3) is 0.909. The molecule has 0 spiro atoms. The number of hydrogen-bond donors (Lipinski definition) is 3. The Hall–Kier alpha value is -0.610. The fourth-order valence-electron chi connectivity index (χ4n) is 1.66. The van der Waals surface area contributed by atoms with E-state index in [4.69, 9.17) is 11.5 Å². The predicted octanol–water partition coefficient (Wildman–Crippen LogP) is 0.603. The molecule has 0 bridgehead atoms. The molecule has 0 aliphatic rings. The zero-order chi connectivity index (χ0) is 12.1. The number of nitrogens with one attached hydrogen (secondary N) is 1. The minimum absolute atomic E-state index is 0.105. The smallest absolute Gasteiger partial charge is 0.237 e. The molecule has 0 heterocycles. The topological polar surface area (TPSA) is 81.1 Å². The van der Waals surface area contributed by atoms with Gasteiger partial charge in [-0.1, -0.05) is 20.8 Å². The third kappa shape index (κ3) is 5.14. The van der Waals surface area contributed by atoms with Crippen LogP contribution in [-0.2, 0) is 4.79 Å². The molecule has 90 valence electrons. The molecule has 0 aromatic carbocycles. The molecule has 0 radical (unpaired) electrons. The Kier molecular flexibility index (Phi) is 5.83. The van der Waals surface area contributed by atoms with E-state index in [0.29, 0.717) is 18.9 Å². The summed E-state index contributed by atoms with van der Waals surface area (Å²) in [5.74, 6) is 0.391. The van der Waals surface area contributed by atoms with Gasteiger partial charge in [0.2, 0.25) is 5.91 Å². The summed E-state index contributed by atoms with van der Waals surface area (Å²) >= 11 is 0. The van der Waals surface area contributed by atoms with Crippen LogP contribution in [0.2, 0.25) is 0 Å². The van der Waals surface area contributed by atoms with E-state index < -0.39 is 6.04 Å². The third-order valence-corrected chi connectivity index (χ3v) is 2.51. The zero-order valence-corrected chi connectivity index (χ0v) is 10.3. The number of carbonyl (C=O) groups excluding carboxylic acids is 1. The second kappa shape index (κ2) is 6.08. The van der Waals surface area contributed by atoms with Gasteiger partial charge >= 0.3 is 0 Å². The van der Waals surface area contributed by atoms with Gasteiger partial charge in [-0.3, -0.25) is 4.79 Å². The lowest BCUT2D eigenvalue weighted by atomic mass is 9.90. The average Bonchev–Trinajstić information content (AvgIpc) is 2.15. The van der Waals surface area contributed by atoms with Crippen molar-refractivity contribution < 1.29 is 4.79 Å². The highest BCUT2D eigenvalue weighted by molar-refractivity contribution is 5.82. The van der Waals surface area contributed by atoms with Crippen molar-refractivity contribution >= 4 is 5.91 Å². The quantitative estimate of drug-likeness (QED) is 0.607. The molecule has 0 aromatic heterocycles. The van der Waals surface area contributed by atoms with Gasteiger partial charge in [0.1, 0.15) is 0 Å². The molecule has 0 aliphatic heterocycles. The van der Waals surface area contributed by atoms with Crippen LogP contribution in [0.1, 0.15) is 40.5 Å². The van der Waals surface area contributed by atoms with Gasteiger partial charge in [0.25, 0.3) is 0 Å². The second-order valence-corrected chi connectivity index (χ2v) is 4.87. The van der Waals surface area contributed by atoms with Crippen LogP contribution in [0.5, 0.6) is 0 Å². The van der Waals surface area contributed by atoms with E-state index >= 15 is 0 Å². The molecule has 4 heteroatoms. The summed E-state index contributed by atoms with van der Waals surface area (Å²) in [6, 6.07) is -0.428. The first-order chi connectivity index (χ1) is 6.84. The van der Waals surface area contributed by atoms with E-state index in [-0.39, 0.29) is 11.4 Å². The Morgan fingerprint density at radius 1 is 1.47 bits per heavy atom. The maximum absolute atomic E-state index is 11.6. The standard InChI is InChI=1S/C11H25N3O/c1-5-9(13)10(15)14-11(4,7-12)6-8(2)3/h8-9H,5-7,12-13H2,1-4H3,(H,14,15)/t9-,11?/m0/s1. The number of rotatable bonds is 6. The maximum Gasteiger partial charge on any atom is 0.237 e. The molecule has 2 atom stereocenters. The highest BCUT2D eigenvalue weighted by Crippen LogP contribution is 2.15. The highest BCUT2D eigenvalue weighted by Gasteiger charge is 2.27. The molecule has 1 unspecified atom stereocenters. The first kappa shape index (κ1) is 14.4. The molecule has 0 aromatic rings. The molecule has 1 amide bonds. The minimum atomic E-state index is -0.428. The van der Waals surface area contributed by atoms with Gasteiger partial charge in [-0.2, -0.15) is 0 Å². The molecule has 5 N–H and O–H groups in total. The second-order valence-electron chi connectivity index (χ2n) is 4.87. The maximum atomic E-state index is 11.6. The summed E-state index contributed by atoms with van der Waals surface area (Å²) < 4.78 is 0. The van der Waals surface area contributed by atoms with Crippen LogP contribution in [0.15, 0.2) is 0 Å². The van der Waals surface area contributed by atoms with Crippen LogP contribution >= 0.6 is 0 Å². The Morgan fingerprint density at radius 3 is 2.33 bits per heavy atom. The van der Waals surface area contributed by atoms with Crippen molar-refractivity contribution in [3.63, 3.8) is 0 Å². The van der Waals surface area contributed by atoms with E-state index in [1.807, 2.05) is 13.8 Å². The Labute approximate surface area is 92.8 Å². The predicted molar refractivity (Wildman–Crippen MR) is 63.3 cm³/mol. The molecule has 4 nitrogen and oxygen atoms in total. The van der Waals surface area contributed by atoms with E-state index in [9.17, 15) is 4.79 Å². The number of hydrogen-bond acceptors (Lipinski definition) is 3. The summed E-state index contributed by atoms with van der Waals surface area (Å²) in [6.07, 6.45) is 1.51. The van der Waals surface area contributed by atoms with Gasteiger partial charge in [-0.15, -0.1) is 0 Å². The van der Waals surface area contributed by atoms with E-state index in [1.54, 1.807) is 0 Å². The highest BCUT2D eigenvalue weighted by atomic mass is 16.2. The van der Waals surface area contributed by atoms with Crippen molar-refractivity contribution in [2.24, 2.45) is 17.4 Å². The number of nitrogens with two attached hydrogens (primary N) is 2. The SMILES string of the molecule is CC[C@H](N)C(=O)NC(C)(CN)CC(C)C. The van der Waals surface area contributed by atoms with Crippen molar-refractivity contribution in [1.82, 2.24) is 5.32 Å². The molecular formula is C11H25N3O. The van der Waals surface area contributed by atoms with Crippen molar-refractivity contribution in [2.75, 3.05) is 6.54 Å². The van der Waals surface area contributed by atoms with Gasteiger partial charge in [-0.05, 0) is 25.7 Å². The van der Waals surface area contributed by atoms with Crippen LogP contribution < -0.4 is 16.8 Å². The van der Waals surface area contributed by atoms with Gasteiger partial charge < -0.3 is 16.8 Å². The van der Waals surface area contributed by atoms with E-state index in [0.717, 1.165) is 6.42 Å². The average molecular weight is 215 g/mol. The van der Waals surface area contributed by atoms with Crippen LogP contribution in [0, 0.1) is 5.92 Å². The van der Waals surface area contributed by atoms with Gasteiger partial charge in [0.05, 0.1) is 6.04 Å². The summed E-state index contributed by atoms with van der Waals surface area (Å²) in [6.45, 7) is 8.52. The lowest BCUT2D eigenvalue weighted by Crippen LogP contribution is -2.56. The van der Waals surface area contributed by atoms with E-state index in [1.165, 1.54) is 0 Å². The number of amides is 1. The fourth-order valence-corrected chi connectivity index (χ4v) is 1.66. The van der Waals surface area contributed by atoms with Crippen molar-refractivity contribution in [1.29, 1.82) is 0 Å². The first-order valence-corrected chi connectivity index (χ1v) is 5.62. The normalized spacial score (nSPS) is 17.3. The lowest BCUT2D eigenvalue weighted by Gasteiger charge is -2.32. The van der Waals surface area contributed by atoms with E-state index in [2.05, 4.69) is 19.2 Å². The summed E-state index contributed by atoms with van der Waals surface area (Å²) in [5, 5.41) is 2.94. The molecular weight excluding hydrogens is 190 g/mol. The molecule has 0 saturated heterocycles. The lowest BCUT2D eigenvalue weighted by molar-refractivity contribution is -0.124. The summed E-state index contributed by atoms with van der Waals surface area (Å²) in [7, 11) is 0. The third-order valence-electron chi connectivity index (χ3n) is 2.51. The largest absolute Gasteiger partial charge is 0.348 e. The Morgan fingerprint density at radius 2 is 2.00 bits per heavy atom. The molecule has 0 fully saturated rings. The monoisotopic (exact) mass is 215 g/mol. The van der Waals surface area contributed by atoms with Crippen LogP contribution in [0.25, 0.3) is 0 Å². The first-order valence-electron chi connectivity index (χ1n) is 5.62. The van der Waals surface area contributed by atoms with Gasteiger partial charge in [-0.25, -0.2) is 0 Å². The van der Waals surface area contributed by atoms with Crippen LogP contribution in [0.4, 0.5) is 0 Å². The van der Waals surface area contributed by atoms with Gasteiger partial charge in [0.15, 0.2) is 0 Å². The number of carbonyl (C=O) groups is 1. The molecule has 15 heavy (non-hydrogen) atoms. The van der Waals surface area contributed by atoms with Crippen molar-refractivity contribution in [3.8, 4) is 0 Å². The Balaban J connectivity index is 4.36. The zero-order valence-electron chi connectivity index (χ0n) is 10.3. The van der Waals surface area contributed by atoms with Crippen LogP contribution in [0.3, 0.4) is 0 Å². The van der Waals surface area contributed by atoms with Crippen LogP contribution in [-0.4, -0.2) is 24.0 Å². The van der Waals surface area contributed by atoms with Crippen molar-refractivity contribution in [3.05, 3.63) is 0 Å². The van der Waals surface area contributed by atoms with Gasteiger partial charge in [0, 0.05) is 12.1 Å². The van der Waals surface area contributed by atoms with Crippen molar-refractivity contribution in [2.45, 2.75) is 52.1 Å². The molecule has 0 aliphatic carbocycles. The summed E-state index contributed by atoms with van der Waals surface area (Å²) in [5.41, 5.74) is 11.0. The summed E-state index contributed by atoms with van der Waals surface area (Å²) in [4.78, 5) is 11.6. The molecule has 0 rings (SSSR count). The Bertz CT molecular complexity index is 206.